The highest BCUT2D eigenvalue weighted by Gasteiger charge is 2.27. The molecule has 0 spiro atoms. The van der Waals surface area contributed by atoms with Crippen LogP contribution in [0.1, 0.15) is 17.3 Å². The molecule has 2 aromatic heterocycles. The van der Waals surface area contributed by atoms with E-state index < -0.39 is 32.2 Å². The molecule has 3 rings (SSSR count). The van der Waals surface area contributed by atoms with E-state index >= 15 is 0 Å². The van der Waals surface area contributed by atoms with Crippen molar-refractivity contribution in [3.63, 3.8) is 0 Å². The lowest BCUT2D eigenvalue weighted by Gasteiger charge is -2.19. The number of nitrogens with one attached hydrogen (secondary N) is 1. The molecule has 0 saturated carbocycles. The van der Waals surface area contributed by atoms with Crippen molar-refractivity contribution in [1.29, 1.82) is 0 Å². The molecule has 0 unspecified atom stereocenters. The Labute approximate surface area is 155 Å². The molecule has 0 aliphatic rings. The highest BCUT2D eigenvalue weighted by molar-refractivity contribution is 7.89. The van der Waals surface area contributed by atoms with Crippen LogP contribution in [-0.4, -0.2) is 22.5 Å². The molecule has 0 saturated heterocycles. The summed E-state index contributed by atoms with van der Waals surface area (Å²) in [6.07, 6.45) is 2.58. The van der Waals surface area contributed by atoms with Crippen LogP contribution in [0.4, 0.5) is 0 Å². The van der Waals surface area contributed by atoms with Gasteiger partial charge in [-0.15, -0.1) is 0 Å². The second-order valence-electron chi connectivity index (χ2n) is 5.97. The number of aryl methyl sites for hydroxylation is 1. The first-order chi connectivity index (χ1) is 12.8. The molecule has 1 aromatic carbocycles. The Bertz CT molecular complexity index is 1130. The van der Waals surface area contributed by atoms with Gasteiger partial charge in [-0.3, -0.25) is 14.3 Å². The average Bonchev–Trinajstić information content (AvgIpc) is 2.68. The molecule has 0 aliphatic heterocycles. The Morgan fingerprint density at radius 2 is 1.67 bits per heavy atom. The van der Waals surface area contributed by atoms with E-state index in [1.54, 1.807) is 48.7 Å². The monoisotopic (exact) mass is 386 g/mol. The van der Waals surface area contributed by atoms with Crippen molar-refractivity contribution in [1.82, 2.24) is 18.8 Å². The summed E-state index contributed by atoms with van der Waals surface area (Å²) in [6.45, 7) is 0. The van der Waals surface area contributed by atoms with Crippen LogP contribution in [0.2, 0.25) is 0 Å². The molecule has 0 bridgehead atoms. The maximum Gasteiger partial charge on any atom is 0.330 e. The van der Waals surface area contributed by atoms with E-state index in [4.69, 9.17) is 0 Å². The Morgan fingerprint density at radius 1 is 1.00 bits per heavy atom. The van der Waals surface area contributed by atoms with Crippen molar-refractivity contribution in [2.75, 3.05) is 0 Å². The number of sulfonamides is 1. The molecular formula is C18H18N4O4S. The fourth-order valence-electron chi connectivity index (χ4n) is 2.67. The van der Waals surface area contributed by atoms with E-state index in [1.807, 2.05) is 6.07 Å². The van der Waals surface area contributed by atoms with Crippen molar-refractivity contribution < 1.29 is 8.42 Å². The highest BCUT2D eigenvalue weighted by atomic mass is 32.2. The third-order valence-corrected chi connectivity index (χ3v) is 5.50. The van der Waals surface area contributed by atoms with Gasteiger partial charge in [0.2, 0.25) is 10.0 Å². The number of nitrogens with zero attached hydrogens (tertiary/aromatic N) is 3. The van der Waals surface area contributed by atoms with Crippen molar-refractivity contribution in [3.8, 4) is 0 Å². The molecule has 0 amide bonds. The SMILES string of the molecule is Cn1cc(S(=O)(=O)N[C@H](c2ccccc2)c2ccccn2)c(=O)n(C)c1=O. The maximum atomic E-state index is 13.0. The molecule has 9 heteroatoms. The summed E-state index contributed by atoms with van der Waals surface area (Å²) in [6, 6.07) is 13.3. The lowest BCUT2D eigenvalue weighted by Crippen LogP contribution is -2.42. The van der Waals surface area contributed by atoms with Crippen LogP contribution in [0.15, 0.2) is 75.4 Å². The molecule has 0 radical (unpaired) electrons. The lowest BCUT2D eigenvalue weighted by atomic mass is 10.0. The van der Waals surface area contributed by atoms with Gasteiger partial charge in [-0.05, 0) is 17.7 Å². The van der Waals surface area contributed by atoms with Crippen LogP contribution >= 0.6 is 0 Å². The fourth-order valence-corrected chi connectivity index (χ4v) is 4.03. The standard InChI is InChI=1S/C18H18N4O4S/c1-21-12-15(17(23)22(2)18(21)24)27(25,26)20-16(13-8-4-3-5-9-13)14-10-6-7-11-19-14/h3-12,16,20H,1-2H3/t16-/m1/s1. The minimum absolute atomic E-state index is 0.480. The summed E-state index contributed by atoms with van der Waals surface area (Å²) in [7, 11) is -1.61. The zero-order valence-electron chi connectivity index (χ0n) is 14.7. The molecule has 8 nitrogen and oxygen atoms in total. The Morgan fingerprint density at radius 3 is 2.30 bits per heavy atom. The van der Waals surface area contributed by atoms with Crippen LogP contribution in [0.3, 0.4) is 0 Å². The molecule has 140 valence electrons. The van der Waals surface area contributed by atoms with Crippen LogP contribution < -0.4 is 16.0 Å². The summed E-state index contributed by atoms with van der Waals surface area (Å²) in [5, 5.41) is 0. The minimum atomic E-state index is -4.23. The summed E-state index contributed by atoms with van der Waals surface area (Å²) >= 11 is 0. The predicted molar refractivity (Wildman–Crippen MR) is 99.8 cm³/mol. The molecule has 27 heavy (non-hydrogen) atoms. The van der Waals surface area contributed by atoms with Crippen LogP contribution in [0, 0.1) is 0 Å². The highest BCUT2D eigenvalue weighted by Crippen LogP contribution is 2.22. The van der Waals surface area contributed by atoms with Gasteiger partial charge in [0.1, 0.15) is 0 Å². The number of aromatic nitrogens is 3. The molecule has 2 heterocycles. The fraction of sp³-hybridized carbons (Fsp3) is 0.167. The summed E-state index contributed by atoms with van der Waals surface area (Å²) in [5.41, 5.74) is -0.350. The summed E-state index contributed by atoms with van der Waals surface area (Å²) in [5.74, 6) is 0. The Balaban J connectivity index is 2.12. The van der Waals surface area contributed by atoms with Gasteiger partial charge in [0, 0.05) is 26.5 Å². The third-order valence-electron chi connectivity index (χ3n) is 4.09. The largest absolute Gasteiger partial charge is 0.330 e. The van der Waals surface area contributed by atoms with Crippen molar-refractivity contribution >= 4 is 10.0 Å². The number of benzene rings is 1. The summed E-state index contributed by atoms with van der Waals surface area (Å²) < 4.78 is 30.3. The van der Waals surface area contributed by atoms with Crippen molar-refractivity contribution in [2.45, 2.75) is 10.9 Å². The van der Waals surface area contributed by atoms with Gasteiger partial charge in [-0.1, -0.05) is 36.4 Å². The van der Waals surface area contributed by atoms with E-state index in [-0.39, 0.29) is 0 Å². The predicted octanol–water partition coefficient (Wildman–Crippen LogP) is 0.547. The van der Waals surface area contributed by atoms with E-state index in [1.165, 1.54) is 14.1 Å². The number of hydrogen-bond donors (Lipinski definition) is 1. The summed E-state index contributed by atoms with van der Waals surface area (Å²) in [4.78, 5) is 27.9. The lowest BCUT2D eigenvalue weighted by molar-refractivity contribution is 0.560. The van der Waals surface area contributed by atoms with Gasteiger partial charge in [-0.25, -0.2) is 13.2 Å². The molecule has 1 atom stereocenters. The first-order valence-corrected chi connectivity index (χ1v) is 9.54. The third kappa shape index (κ3) is 3.74. The Kier molecular flexibility index (Phi) is 5.06. The van der Waals surface area contributed by atoms with Gasteiger partial charge < -0.3 is 4.57 Å². The quantitative estimate of drug-likeness (QED) is 0.690. The maximum absolute atomic E-state index is 13.0. The van der Waals surface area contributed by atoms with Crippen molar-refractivity contribution in [2.24, 2.45) is 14.1 Å². The second kappa shape index (κ2) is 7.29. The van der Waals surface area contributed by atoms with Crippen LogP contribution in [0.25, 0.3) is 0 Å². The number of hydrogen-bond acceptors (Lipinski definition) is 5. The number of rotatable bonds is 5. The Hall–Kier alpha value is -3.04. The molecule has 1 N–H and O–H groups in total. The molecule has 0 fully saturated rings. The zero-order chi connectivity index (χ0) is 19.6. The number of pyridine rings is 1. The van der Waals surface area contributed by atoms with E-state index in [0.717, 1.165) is 15.3 Å². The van der Waals surface area contributed by atoms with Gasteiger partial charge in [0.25, 0.3) is 5.56 Å². The van der Waals surface area contributed by atoms with E-state index in [0.29, 0.717) is 11.3 Å². The normalized spacial score (nSPS) is 12.7. The first-order valence-electron chi connectivity index (χ1n) is 8.06. The van der Waals surface area contributed by atoms with Crippen molar-refractivity contribution in [3.05, 3.63) is 93.0 Å². The zero-order valence-corrected chi connectivity index (χ0v) is 15.6. The van der Waals surface area contributed by atoms with Gasteiger partial charge in [0.15, 0.2) is 4.90 Å². The minimum Gasteiger partial charge on any atom is -0.302 e. The molecule has 0 aliphatic carbocycles. The van der Waals surface area contributed by atoms with Crippen LogP contribution in [-0.2, 0) is 24.1 Å². The van der Waals surface area contributed by atoms with Gasteiger partial charge in [0.05, 0.1) is 11.7 Å². The van der Waals surface area contributed by atoms with Gasteiger partial charge in [-0.2, -0.15) is 4.72 Å². The van der Waals surface area contributed by atoms with Gasteiger partial charge >= 0.3 is 5.69 Å². The smallest absolute Gasteiger partial charge is 0.302 e. The average molecular weight is 386 g/mol. The second-order valence-corrected chi connectivity index (χ2v) is 7.65. The van der Waals surface area contributed by atoms with E-state index in [9.17, 15) is 18.0 Å². The topological polar surface area (TPSA) is 103 Å². The van der Waals surface area contributed by atoms with E-state index in [2.05, 4.69) is 9.71 Å². The molecular weight excluding hydrogens is 368 g/mol. The van der Waals surface area contributed by atoms with Crippen LogP contribution in [0.5, 0.6) is 0 Å². The molecule has 3 aromatic rings. The first kappa shape index (κ1) is 18.7.